The highest BCUT2D eigenvalue weighted by molar-refractivity contribution is 6.39. The maximum atomic E-state index is 13.4. The summed E-state index contributed by atoms with van der Waals surface area (Å²) in [6.07, 6.45) is 1.34. The highest BCUT2D eigenvalue weighted by atomic mass is 35.5. The van der Waals surface area contributed by atoms with Crippen molar-refractivity contribution in [3.8, 4) is 17.2 Å². The molecule has 10 nitrogen and oxygen atoms in total. The van der Waals surface area contributed by atoms with E-state index < -0.39 is 23.8 Å². The van der Waals surface area contributed by atoms with Gasteiger partial charge < -0.3 is 19.5 Å². The lowest BCUT2D eigenvalue weighted by Gasteiger charge is -2.26. The maximum absolute atomic E-state index is 13.4. The molecule has 0 atom stereocenters. The van der Waals surface area contributed by atoms with E-state index in [4.69, 9.17) is 25.8 Å². The van der Waals surface area contributed by atoms with E-state index >= 15 is 0 Å². The maximum Gasteiger partial charge on any atom is 0.335 e. The van der Waals surface area contributed by atoms with Crippen molar-refractivity contribution in [2.75, 3.05) is 23.9 Å². The summed E-state index contributed by atoms with van der Waals surface area (Å²) in [5, 5.41) is 5.26. The number of methoxy groups -OCH3 is 1. The Hall–Kier alpha value is -5.61. The standard InChI is InChI=1S/C33H26ClN3O7/c1-42-29-18-22(11-16-28(29)44-20-30(38)35-27-10-6-5-9-26(27)34)17-25-31(39)36-33(41)37(32(25)40)23-12-14-24(15-13-23)43-19-21-7-3-2-4-8-21/h2-18H,19-20H2,1H3,(H,35,38)(H,36,39,41)/b25-17-. The van der Waals surface area contributed by atoms with Crippen molar-refractivity contribution in [1.82, 2.24) is 5.32 Å². The molecule has 44 heavy (non-hydrogen) atoms. The summed E-state index contributed by atoms with van der Waals surface area (Å²) in [4.78, 5) is 51.9. The molecule has 0 aromatic heterocycles. The average Bonchev–Trinajstić information content (AvgIpc) is 3.03. The van der Waals surface area contributed by atoms with E-state index in [0.717, 1.165) is 10.5 Å². The lowest BCUT2D eigenvalue weighted by atomic mass is 10.1. The van der Waals surface area contributed by atoms with E-state index in [2.05, 4.69) is 10.6 Å². The van der Waals surface area contributed by atoms with Crippen molar-refractivity contribution in [2.45, 2.75) is 6.61 Å². The smallest absolute Gasteiger partial charge is 0.335 e. The molecule has 1 aliphatic heterocycles. The summed E-state index contributed by atoms with van der Waals surface area (Å²) < 4.78 is 16.8. The SMILES string of the molecule is COc1cc(/C=C2/C(=O)NC(=O)N(c3ccc(OCc4ccccc4)cc3)C2=O)ccc1OCC(=O)Nc1ccccc1Cl. The molecule has 2 N–H and O–H groups in total. The molecule has 0 aliphatic carbocycles. The second kappa shape index (κ2) is 13.6. The number of hydrogen-bond donors (Lipinski definition) is 2. The molecule has 0 radical (unpaired) electrons. The number of carbonyl (C=O) groups is 4. The van der Waals surface area contributed by atoms with Gasteiger partial charge in [-0.2, -0.15) is 0 Å². The number of benzene rings is 4. The predicted octanol–water partition coefficient (Wildman–Crippen LogP) is 5.61. The first kappa shape index (κ1) is 29.9. The predicted molar refractivity (Wildman–Crippen MR) is 165 cm³/mol. The fourth-order valence-electron chi connectivity index (χ4n) is 4.28. The van der Waals surface area contributed by atoms with Crippen molar-refractivity contribution in [1.29, 1.82) is 0 Å². The molecule has 0 unspecified atom stereocenters. The Balaban J connectivity index is 1.27. The summed E-state index contributed by atoms with van der Waals surface area (Å²) in [5.41, 5.74) is 1.86. The van der Waals surface area contributed by atoms with Gasteiger partial charge in [0.25, 0.3) is 17.7 Å². The van der Waals surface area contributed by atoms with Crippen molar-refractivity contribution < 1.29 is 33.4 Å². The molecule has 222 valence electrons. The molecule has 1 heterocycles. The number of carbonyl (C=O) groups excluding carboxylic acids is 4. The van der Waals surface area contributed by atoms with Crippen LogP contribution in [0.1, 0.15) is 11.1 Å². The zero-order valence-corrected chi connectivity index (χ0v) is 24.2. The van der Waals surface area contributed by atoms with E-state index in [0.29, 0.717) is 28.6 Å². The molecule has 0 spiro atoms. The second-order valence-corrected chi connectivity index (χ2v) is 9.86. The Labute approximate surface area is 257 Å². The number of ether oxygens (including phenoxy) is 3. The Kier molecular flexibility index (Phi) is 9.22. The van der Waals surface area contributed by atoms with E-state index in [1.807, 2.05) is 30.3 Å². The van der Waals surface area contributed by atoms with Gasteiger partial charge in [0.2, 0.25) is 0 Å². The van der Waals surface area contributed by atoms with E-state index in [9.17, 15) is 19.2 Å². The molecule has 1 fully saturated rings. The highest BCUT2D eigenvalue weighted by Crippen LogP contribution is 2.30. The zero-order chi connectivity index (χ0) is 31.1. The molecular weight excluding hydrogens is 586 g/mol. The fourth-order valence-corrected chi connectivity index (χ4v) is 4.46. The van der Waals surface area contributed by atoms with Crippen LogP contribution in [0.25, 0.3) is 6.08 Å². The lowest BCUT2D eigenvalue weighted by molar-refractivity contribution is -0.122. The number of hydrogen-bond acceptors (Lipinski definition) is 7. The molecule has 11 heteroatoms. The van der Waals surface area contributed by atoms with Gasteiger partial charge in [0.15, 0.2) is 18.1 Å². The van der Waals surface area contributed by atoms with Gasteiger partial charge in [-0.1, -0.05) is 60.1 Å². The number of para-hydroxylation sites is 1. The second-order valence-electron chi connectivity index (χ2n) is 9.45. The number of nitrogens with zero attached hydrogens (tertiary/aromatic N) is 1. The molecule has 0 bridgehead atoms. The van der Waals surface area contributed by atoms with Gasteiger partial charge in [-0.05, 0) is 65.7 Å². The van der Waals surface area contributed by atoms with Gasteiger partial charge in [-0.3, -0.25) is 19.7 Å². The minimum absolute atomic E-state index is 0.257. The number of anilines is 2. The largest absolute Gasteiger partial charge is 0.493 e. The van der Waals surface area contributed by atoms with Crippen LogP contribution in [0.15, 0.2) is 103 Å². The first-order valence-corrected chi connectivity index (χ1v) is 13.7. The number of nitrogens with one attached hydrogen (secondary N) is 2. The molecule has 5 amide bonds. The molecule has 4 aromatic carbocycles. The van der Waals surface area contributed by atoms with Gasteiger partial charge in [-0.25, -0.2) is 9.69 Å². The third-order valence-electron chi connectivity index (χ3n) is 6.45. The Morgan fingerprint density at radius 3 is 2.34 bits per heavy atom. The first-order valence-electron chi connectivity index (χ1n) is 13.4. The van der Waals surface area contributed by atoms with E-state index in [-0.39, 0.29) is 29.4 Å². The number of imide groups is 2. The van der Waals surface area contributed by atoms with Crippen LogP contribution in [0, 0.1) is 0 Å². The Bertz CT molecular complexity index is 1740. The van der Waals surface area contributed by atoms with Gasteiger partial charge >= 0.3 is 6.03 Å². The number of barbiturate groups is 1. The molecule has 1 saturated heterocycles. The van der Waals surface area contributed by atoms with Crippen molar-refractivity contribution in [3.05, 3.63) is 119 Å². The number of amides is 5. The fraction of sp³-hybridized carbons (Fsp3) is 0.0909. The van der Waals surface area contributed by atoms with Crippen LogP contribution in [0.2, 0.25) is 5.02 Å². The van der Waals surface area contributed by atoms with Crippen LogP contribution < -0.4 is 29.7 Å². The Morgan fingerprint density at radius 2 is 1.61 bits per heavy atom. The summed E-state index contributed by atoms with van der Waals surface area (Å²) >= 11 is 6.08. The summed E-state index contributed by atoms with van der Waals surface area (Å²) in [6, 6.07) is 26.6. The number of halogens is 1. The topological polar surface area (TPSA) is 123 Å². The first-order chi connectivity index (χ1) is 21.3. The third-order valence-corrected chi connectivity index (χ3v) is 6.78. The number of rotatable bonds is 10. The van der Waals surface area contributed by atoms with Gasteiger partial charge in [-0.15, -0.1) is 0 Å². The monoisotopic (exact) mass is 611 g/mol. The molecular formula is C33H26ClN3O7. The summed E-state index contributed by atoms with van der Waals surface area (Å²) in [7, 11) is 1.41. The quantitative estimate of drug-likeness (QED) is 0.176. The molecule has 5 rings (SSSR count). The van der Waals surface area contributed by atoms with Gasteiger partial charge in [0.1, 0.15) is 17.9 Å². The summed E-state index contributed by atoms with van der Waals surface area (Å²) in [5.74, 6) is -1.01. The number of urea groups is 1. The van der Waals surface area contributed by atoms with Gasteiger partial charge in [0, 0.05) is 0 Å². The average molecular weight is 612 g/mol. The normalized spacial score (nSPS) is 13.8. The van der Waals surface area contributed by atoms with Crippen LogP contribution >= 0.6 is 11.6 Å². The van der Waals surface area contributed by atoms with Crippen LogP contribution in [0.3, 0.4) is 0 Å². The lowest BCUT2D eigenvalue weighted by Crippen LogP contribution is -2.54. The zero-order valence-electron chi connectivity index (χ0n) is 23.4. The van der Waals surface area contributed by atoms with Crippen LogP contribution in [-0.2, 0) is 21.0 Å². The summed E-state index contributed by atoms with van der Waals surface area (Å²) in [6.45, 7) is 0.0316. The van der Waals surface area contributed by atoms with Crippen LogP contribution in [0.4, 0.5) is 16.2 Å². The van der Waals surface area contributed by atoms with Crippen molar-refractivity contribution in [2.24, 2.45) is 0 Å². The van der Waals surface area contributed by atoms with Crippen molar-refractivity contribution >= 4 is 52.8 Å². The van der Waals surface area contributed by atoms with Gasteiger partial charge in [0.05, 0.1) is 23.5 Å². The molecule has 0 saturated carbocycles. The van der Waals surface area contributed by atoms with E-state index in [1.165, 1.54) is 25.3 Å². The van der Waals surface area contributed by atoms with E-state index in [1.54, 1.807) is 54.6 Å². The minimum atomic E-state index is -0.869. The Morgan fingerprint density at radius 1 is 0.886 bits per heavy atom. The van der Waals surface area contributed by atoms with Crippen LogP contribution in [0.5, 0.6) is 17.2 Å². The minimum Gasteiger partial charge on any atom is -0.493 e. The van der Waals surface area contributed by atoms with Crippen molar-refractivity contribution in [3.63, 3.8) is 0 Å². The highest BCUT2D eigenvalue weighted by Gasteiger charge is 2.36. The molecule has 4 aromatic rings. The van der Waals surface area contributed by atoms with Crippen LogP contribution in [-0.4, -0.2) is 37.5 Å². The third kappa shape index (κ3) is 7.05. The molecule has 1 aliphatic rings.